The van der Waals surface area contributed by atoms with Crippen LogP contribution in [0.25, 0.3) is 0 Å². The fourth-order valence-corrected chi connectivity index (χ4v) is 3.76. The van der Waals surface area contributed by atoms with Crippen LogP contribution in [0.15, 0.2) is 12.1 Å². The predicted octanol–water partition coefficient (Wildman–Crippen LogP) is 2.11. The van der Waals surface area contributed by atoms with Gasteiger partial charge in [-0.05, 0) is 18.5 Å². The molecule has 1 heterocycles. The average Bonchev–Trinajstić information content (AvgIpc) is 2.27. The molecule has 81 valence electrons. The van der Waals surface area contributed by atoms with Crippen molar-refractivity contribution in [3.05, 3.63) is 29.6 Å². The fourth-order valence-electron chi connectivity index (χ4n) is 1.61. The summed E-state index contributed by atoms with van der Waals surface area (Å²) in [5.74, 6) is -3.61. The molecular formula is C10H10F3OSi. The molecule has 2 rings (SSSR count). The summed E-state index contributed by atoms with van der Waals surface area (Å²) in [4.78, 5) is 0. The number of rotatable bonds is 1. The minimum absolute atomic E-state index is 0.221. The van der Waals surface area contributed by atoms with Gasteiger partial charge in [-0.25, -0.2) is 13.2 Å². The summed E-state index contributed by atoms with van der Waals surface area (Å²) in [6, 6.07) is 3.02. The number of halogens is 3. The van der Waals surface area contributed by atoms with Crippen LogP contribution in [0, 0.1) is 17.5 Å². The van der Waals surface area contributed by atoms with E-state index in [4.69, 9.17) is 4.43 Å². The molecule has 1 aliphatic heterocycles. The molecule has 1 aliphatic rings. The Kier molecular flexibility index (Phi) is 3.11. The highest BCUT2D eigenvalue weighted by atomic mass is 28.3. The van der Waals surface area contributed by atoms with E-state index in [0.717, 1.165) is 25.0 Å². The molecule has 1 aromatic carbocycles. The Hall–Kier alpha value is -0.813. The lowest BCUT2D eigenvalue weighted by Crippen LogP contribution is -2.39. The van der Waals surface area contributed by atoms with Gasteiger partial charge in [0.05, 0.1) is 0 Å². The Morgan fingerprint density at radius 2 is 1.87 bits per heavy atom. The third-order valence-electron chi connectivity index (χ3n) is 2.41. The molecule has 1 radical (unpaired) electrons. The molecule has 0 unspecified atom stereocenters. The predicted molar refractivity (Wildman–Crippen MR) is 51.7 cm³/mol. The van der Waals surface area contributed by atoms with Crippen molar-refractivity contribution in [3.8, 4) is 0 Å². The topological polar surface area (TPSA) is 9.23 Å². The van der Waals surface area contributed by atoms with Gasteiger partial charge < -0.3 is 4.43 Å². The second-order valence-corrected chi connectivity index (χ2v) is 5.63. The van der Waals surface area contributed by atoms with E-state index >= 15 is 0 Å². The van der Waals surface area contributed by atoms with E-state index < -0.39 is 26.5 Å². The smallest absolute Gasteiger partial charge is 0.249 e. The third-order valence-corrected chi connectivity index (χ3v) is 4.76. The van der Waals surface area contributed by atoms with Gasteiger partial charge in [0, 0.05) is 11.8 Å². The largest absolute Gasteiger partial charge is 0.412 e. The summed E-state index contributed by atoms with van der Waals surface area (Å²) in [6.07, 6.45) is 1.92. The second kappa shape index (κ2) is 4.36. The lowest BCUT2D eigenvalue weighted by molar-refractivity contribution is 0.293. The van der Waals surface area contributed by atoms with E-state index in [1.165, 1.54) is 6.07 Å². The summed E-state index contributed by atoms with van der Waals surface area (Å²) >= 11 is 0. The van der Waals surface area contributed by atoms with Gasteiger partial charge in [-0.3, -0.25) is 0 Å². The van der Waals surface area contributed by atoms with Gasteiger partial charge in [-0.15, -0.1) is 0 Å². The van der Waals surface area contributed by atoms with Crippen LogP contribution in [0.4, 0.5) is 13.2 Å². The quantitative estimate of drug-likeness (QED) is 0.531. The standard InChI is InChI=1S/C10H10F3OSi/c11-7-3-4-8(10(13)9(7)12)15-6-2-1-5-14-15/h3-4H,1-2,5-6H2. The molecule has 0 aliphatic carbocycles. The lowest BCUT2D eigenvalue weighted by Gasteiger charge is -2.20. The summed E-state index contributed by atoms with van der Waals surface area (Å²) in [7, 11) is -1.48. The molecule has 1 fully saturated rings. The van der Waals surface area contributed by atoms with Crippen LogP contribution in [0.5, 0.6) is 0 Å². The van der Waals surface area contributed by atoms with E-state index in [-0.39, 0.29) is 5.19 Å². The molecular weight excluding hydrogens is 221 g/mol. The highest BCUT2D eigenvalue weighted by molar-refractivity contribution is 6.67. The monoisotopic (exact) mass is 231 g/mol. The van der Waals surface area contributed by atoms with Crippen molar-refractivity contribution in [2.45, 2.75) is 18.9 Å². The highest BCUT2D eigenvalue weighted by Gasteiger charge is 2.25. The van der Waals surface area contributed by atoms with Crippen LogP contribution < -0.4 is 5.19 Å². The molecule has 1 saturated heterocycles. The molecule has 1 nitrogen and oxygen atoms in total. The molecule has 0 aromatic heterocycles. The normalized spacial score (nSPS) is 18.1. The third kappa shape index (κ3) is 2.08. The van der Waals surface area contributed by atoms with Crippen LogP contribution in [-0.2, 0) is 4.43 Å². The molecule has 0 saturated carbocycles. The molecule has 0 bridgehead atoms. The maximum absolute atomic E-state index is 13.4. The SMILES string of the molecule is Fc1ccc([Si]2CCCCO2)c(F)c1F. The molecule has 0 N–H and O–H groups in total. The summed E-state index contributed by atoms with van der Waals surface area (Å²) in [5.41, 5.74) is 0. The van der Waals surface area contributed by atoms with Crippen LogP contribution >= 0.6 is 0 Å². The Labute approximate surface area is 87.6 Å². The minimum atomic E-state index is -1.48. The first-order chi connectivity index (χ1) is 7.20. The van der Waals surface area contributed by atoms with Crippen molar-refractivity contribution in [1.82, 2.24) is 0 Å². The van der Waals surface area contributed by atoms with E-state index in [1.807, 2.05) is 0 Å². The van der Waals surface area contributed by atoms with Gasteiger partial charge in [-0.1, -0.05) is 12.5 Å². The first-order valence-electron chi connectivity index (χ1n) is 4.82. The van der Waals surface area contributed by atoms with Crippen LogP contribution in [0.3, 0.4) is 0 Å². The van der Waals surface area contributed by atoms with Gasteiger partial charge in [0.25, 0.3) is 0 Å². The van der Waals surface area contributed by atoms with Gasteiger partial charge in [0.1, 0.15) is 0 Å². The van der Waals surface area contributed by atoms with Crippen molar-refractivity contribution in [1.29, 1.82) is 0 Å². The van der Waals surface area contributed by atoms with Crippen molar-refractivity contribution in [3.63, 3.8) is 0 Å². The zero-order valence-corrected chi connectivity index (χ0v) is 9.03. The van der Waals surface area contributed by atoms with Gasteiger partial charge in [-0.2, -0.15) is 0 Å². The van der Waals surface area contributed by atoms with E-state index in [1.54, 1.807) is 0 Å². The Bertz CT molecular complexity index is 364. The minimum Gasteiger partial charge on any atom is -0.412 e. The number of benzene rings is 1. The van der Waals surface area contributed by atoms with E-state index in [9.17, 15) is 13.2 Å². The number of hydrogen-bond donors (Lipinski definition) is 0. The zero-order valence-electron chi connectivity index (χ0n) is 8.03. The van der Waals surface area contributed by atoms with Gasteiger partial charge >= 0.3 is 0 Å². The number of hydrogen-bond acceptors (Lipinski definition) is 1. The van der Waals surface area contributed by atoms with Gasteiger partial charge in [0.15, 0.2) is 17.5 Å². The molecule has 15 heavy (non-hydrogen) atoms. The maximum Gasteiger partial charge on any atom is 0.249 e. The Morgan fingerprint density at radius 3 is 2.53 bits per heavy atom. The average molecular weight is 231 g/mol. The molecule has 0 amide bonds. The van der Waals surface area contributed by atoms with Crippen LogP contribution in [0.2, 0.25) is 6.04 Å². The molecule has 0 spiro atoms. The van der Waals surface area contributed by atoms with Crippen molar-refractivity contribution >= 4 is 14.2 Å². The van der Waals surface area contributed by atoms with Crippen molar-refractivity contribution in [2.24, 2.45) is 0 Å². The van der Waals surface area contributed by atoms with Gasteiger partial charge in [0.2, 0.25) is 9.04 Å². The highest BCUT2D eigenvalue weighted by Crippen LogP contribution is 2.15. The van der Waals surface area contributed by atoms with Crippen LogP contribution in [0.1, 0.15) is 12.8 Å². The van der Waals surface area contributed by atoms with Crippen molar-refractivity contribution < 1.29 is 17.6 Å². The molecule has 1 aromatic rings. The summed E-state index contributed by atoms with van der Waals surface area (Å²) < 4.78 is 44.4. The Balaban J connectivity index is 2.31. The van der Waals surface area contributed by atoms with E-state index in [0.29, 0.717) is 6.61 Å². The Morgan fingerprint density at radius 1 is 1.07 bits per heavy atom. The summed E-state index contributed by atoms with van der Waals surface area (Å²) in [5, 5.41) is 0.221. The summed E-state index contributed by atoms with van der Waals surface area (Å²) in [6.45, 7) is 0.590. The first kappa shape index (κ1) is 10.7. The van der Waals surface area contributed by atoms with Crippen molar-refractivity contribution in [2.75, 3.05) is 6.61 Å². The fraction of sp³-hybridized carbons (Fsp3) is 0.400. The first-order valence-corrected chi connectivity index (χ1v) is 6.44. The maximum atomic E-state index is 13.4. The molecule has 0 atom stereocenters. The lowest BCUT2D eigenvalue weighted by atomic mass is 10.3. The molecule has 5 heteroatoms. The zero-order chi connectivity index (χ0) is 10.8. The van der Waals surface area contributed by atoms with E-state index in [2.05, 4.69) is 0 Å². The van der Waals surface area contributed by atoms with Crippen LogP contribution in [-0.4, -0.2) is 15.6 Å². The second-order valence-electron chi connectivity index (χ2n) is 3.45.